The van der Waals surface area contributed by atoms with E-state index in [-0.39, 0.29) is 0 Å². The Kier molecular flexibility index (Phi) is 3.92. The molecule has 3 rings (SSSR count). The van der Waals surface area contributed by atoms with E-state index in [4.69, 9.17) is 4.98 Å². The Morgan fingerprint density at radius 2 is 2.15 bits per heavy atom. The zero-order valence-corrected chi connectivity index (χ0v) is 12.5. The third-order valence-corrected chi connectivity index (χ3v) is 4.33. The minimum atomic E-state index is 0.667. The van der Waals surface area contributed by atoms with Gasteiger partial charge in [0, 0.05) is 25.3 Å². The largest absolute Gasteiger partial charge is 0.352 e. The molecule has 0 radical (unpaired) electrons. The van der Waals surface area contributed by atoms with Crippen molar-refractivity contribution in [1.82, 2.24) is 14.7 Å². The van der Waals surface area contributed by atoms with Gasteiger partial charge in [-0.25, -0.2) is 4.98 Å². The summed E-state index contributed by atoms with van der Waals surface area (Å²) in [5.41, 5.74) is 2.32. The summed E-state index contributed by atoms with van der Waals surface area (Å²) >= 11 is 0. The molecule has 4 nitrogen and oxygen atoms in total. The van der Waals surface area contributed by atoms with E-state index in [2.05, 4.69) is 45.9 Å². The van der Waals surface area contributed by atoms with Crippen LogP contribution in [-0.4, -0.2) is 29.0 Å². The van der Waals surface area contributed by atoms with Gasteiger partial charge in [-0.2, -0.15) is 0 Å². The van der Waals surface area contributed by atoms with Crippen LogP contribution >= 0.6 is 0 Å². The third kappa shape index (κ3) is 2.29. The molecule has 2 aromatic heterocycles. The molecule has 0 amide bonds. The zero-order chi connectivity index (χ0) is 13.9. The highest BCUT2D eigenvalue weighted by molar-refractivity contribution is 5.56. The molecule has 2 heterocycles. The molecule has 0 saturated heterocycles. The molecule has 0 aliphatic heterocycles. The number of imidazole rings is 1. The molecule has 1 fully saturated rings. The quantitative estimate of drug-likeness (QED) is 0.908. The molecule has 0 aromatic carbocycles. The average molecular weight is 272 g/mol. The van der Waals surface area contributed by atoms with Crippen molar-refractivity contribution in [1.29, 1.82) is 0 Å². The average Bonchev–Trinajstić information content (AvgIpc) is 3.10. The Labute approximate surface area is 120 Å². The Morgan fingerprint density at radius 1 is 1.35 bits per heavy atom. The Hall–Kier alpha value is -1.55. The van der Waals surface area contributed by atoms with Crippen LogP contribution in [0.4, 0.5) is 5.82 Å². The summed E-state index contributed by atoms with van der Waals surface area (Å²) < 4.78 is 2.21. The first kappa shape index (κ1) is 13.4. The molecule has 2 aromatic rings. The number of anilines is 1. The van der Waals surface area contributed by atoms with Gasteiger partial charge in [0.2, 0.25) is 0 Å². The Morgan fingerprint density at radius 3 is 2.85 bits per heavy atom. The van der Waals surface area contributed by atoms with Gasteiger partial charge >= 0.3 is 0 Å². The van der Waals surface area contributed by atoms with Gasteiger partial charge in [-0.05, 0) is 38.9 Å². The fourth-order valence-electron chi connectivity index (χ4n) is 3.39. The van der Waals surface area contributed by atoms with Crippen LogP contribution in [0.1, 0.15) is 38.3 Å². The van der Waals surface area contributed by atoms with Gasteiger partial charge in [-0.1, -0.05) is 18.9 Å². The van der Waals surface area contributed by atoms with E-state index in [1.54, 1.807) is 0 Å². The second-order valence-corrected chi connectivity index (χ2v) is 5.57. The lowest BCUT2D eigenvalue weighted by atomic mass is 10.2. The van der Waals surface area contributed by atoms with Gasteiger partial charge in [0.05, 0.1) is 5.69 Å². The van der Waals surface area contributed by atoms with Crippen LogP contribution in [0.15, 0.2) is 24.4 Å². The van der Waals surface area contributed by atoms with E-state index in [1.165, 1.54) is 37.2 Å². The molecule has 20 heavy (non-hydrogen) atoms. The molecule has 4 heteroatoms. The number of nitrogens with zero attached hydrogens (tertiary/aromatic N) is 3. The van der Waals surface area contributed by atoms with Crippen molar-refractivity contribution in [3.05, 3.63) is 30.1 Å². The molecular formula is C16H24N4. The summed E-state index contributed by atoms with van der Waals surface area (Å²) in [4.78, 5) is 7.40. The predicted octanol–water partition coefficient (Wildman–Crippen LogP) is 2.82. The van der Waals surface area contributed by atoms with Gasteiger partial charge in [-0.15, -0.1) is 0 Å². The fourth-order valence-corrected chi connectivity index (χ4v) is 3.39. The van der Waals surface area contributed by atoms with Gasteiger partial charge in [-0.3, -0.25) is 0 Å². The molecule has 1 N–H and O–H groups in total. The molecular weight excluding hydrogens is 248 g/mol. The van der Waals surface area contributed by atoms with Crippen molar-refractivity contribution >= 4 is 11.5 Å². The van der Waals surface area contributed by atoms with E-state index in [0.29, 0.717) is 6.04 Å². The number of rotatable bonds is 5. The first-order valence-electron chi connectivity index (χ1n) is 7.72. The second kappa shape index (κ2) is 5.83. The number of fused-ring (bicyclic) bond motifs is 1. The van der Waals surface area contributed by atoms with Gasteiger partial charge in [0.1, 0.15) is 5.65 Å². The van der Waals surface area contributed by atoms with Crippen molar-refractivity contribution in [3.63, 3.8) is 0 Å². The van der Waals surface area contributed by atoms with E-state index in [1.807, 2.05) is 7.05 Å². The minimum absolute atomic E-state index is 0.667. The smallest absolute Gasteiger partial charge is 0.152 e. The summed E-state index contributed by atoms with van der Waals surface area (Å²) in [6, 6.07) is 6.89. The number of pyridine rings is 1. The Bertz CT molecular complexity index is 569. The normalized spacial score (nSPS) is 16.1. The zero-order valence-electron chi connectivity index (χ0n) is 12.5. The maximum absolute atomic E-state index is 4.90. The summed E-state index contributed by atoms with van der Waals surface area (Å²) in [7, 11) is 2.00. The topological polar surface area (TPSA) is 32.6 Å². The monoisotopic (exact) mass is 272 g/mol. The highest BCUT2D eigenvalue weighted by Gasteiger charge is 2.26. The Balaban J connectivity index is 2.05. The molecule has 0 atom stereocenters. The molecule has 108 valence electrons. The standard InChI is InChI=1S/C16H24N4/c1-3-19(13-8-4-5-9-13)16-14(12-17-2)20-11-7-6-10-15(20)18-16/h6-7,10-11,13,17H,3-5,8-9,12H2,1-2H3. The molecule has 1 aliphatic rings. The van der Waals surface area contributed by atoms with Crippen LogP contribution in [0.3, 0.4) is 0 Å². The van der Waals surface area contributed by atoms with Gasteiger partial charge < -0.3 is 14.6 Å². The van der Waals surface area contributed by atoms with Crippen molar-refractivity contribution in [2.24, 2.45) is 0 Å². The van der Waals surface area contributed by atoms with Crippen molar-refractivity contribution in [2.45, 2.75) is 45.2 Å². The first-order valence-corrected chi connectivity index (χ1v) is 7.72. The molecule has 0 unspecified atom stereocenters. The van der Waals surface area contributed by atoms with Crippen molar-refractivity contribution in [3.8, 4) is 0 Å². The first-order chi connectivity index (χ1) is 9.85. The molecule has 1 aliphatic carbocycles. The number of nitrogens with one attached hydrogen (secondary N) is 1. The summed E-state index contributed by atoms with van der Waals surface area (Å²) in [6.45, 7) is 4.13. The van der Waals surface area contributed by atoms with Crippen LogP contribution < -0.4 is 10.2 Å². The minimum Gasteiger partial charge on any atom is -0.352 e. The highest BCUT2D eigenvalue weighted by atomic mass is 15.3. The summed E-state index contributed by atoms with van der Waals surface area (Å²) in [5, 5.41) is 3.28. The van der Waals surface area contributed by atoms with E-state index in [9.17, 15) is 0 Å². The lowest BCUT2D eigenvalue weighted by molar-refractivity contribution is 0.609. The lowest BCUT2D eigenvalue weighted by Crippen LogP contribution is -2.34. The lowest BCUT2D eigenvalue weighted by Gasteiger charge is -2.28. The van der Waals surface area contributed by atoms with Crippen LogP contribution in [0.5, 0.6) is 0 Å². The summed E-state index contributed by atoms with van der Waals surface area (Å²) in [5.74, 6) is 1.17. The molecule has 0 spiro atoms. The van der Waals surface area contributed by atoms with Crippen LogP contribution in [0, 0.1) is 0 Å². The van der Waals surface area contributed by atoms with E-state index >= 15 is 0 Å². The molecule has 0 bridgehead atoms. The fraction of sp³-hybridized carbons (Fsp3) is 0.562. The van der Waals surface area contributed by atoms with Gasteiger partial charge in [0.15, 0.2) is 5.82 Å². The number of hydrogen-bond acceptors (Lipinski definition) is 3. The molecule has 1 saturated carbocycles. The number of hydrogen-bond donors (Lipinski definition) is 1. The SMILES string of the molecule is CCN(c1nc2ccccn2c1CNC)C1CCCC1. The second-order valence-electron chi connectivity index (χ2n) is 5.57. The number of aromatic nitrogens is 2. The van der Waals surface area contributed by atoms with Crippen molar-refractivity contribution < 1.29 is 0 Å². The maximum atomic E-state index is 4.90. The van der Waals surface area contributed by atoms with Crippen LogP contribution in [0.25, 0.3) is 5.65 Å². The van der Waals surface area contributed by atoms with Crippen LogP contribution in [-0.2, 0) is 6.54 Å². The highest BCUT2D eigenvalue weighted by Crippen LogP contribution is 2.30. The van der Waals surface area contributed by atoms with Crippen molar-refractivity contribution in [2.75, 3.05) is 18.5 Å². The van der Waals surface area contributed by atoms with Gasteiger partial charge in [0.25, 0.3) is 0 Å². The van der Waals surface area contributed by atoms with E-state index < -0.39 is 0 Å². The third-order valence-electron chi connectivity index (χ3n) is 4.33. The maximum Gasteiger partial charge on any atom is 0.152 e. The predicted molar refractivity (Wildman–Crippen MR) is 83.2 cm³/mol. The summed E-state index contributed by atoms with van der Waals surface area (Å²) in [6.07, 6.45) is 7.44. The van der Waals surface area contributed by atoms with E-state index in [0.717, 1.165) is 18.7 Å². The van der Waals surface area contributed by atoms with Crippen LogP contribution in [0.2, 0.25) is 0 Å².